The molecule has 36 heavy (non-hydrogen) atoms. The molecule has 0 bridgehead atoms. The van der Waals surface area contributed by atoms with E-state index in [1.54, 1.807) is 0 Å². The average Bonchev–Trinajstić information content (AvgIpc) is 3.52. The first-order chi connectivity index (χ1) is 17.2. The summed E-state index contributed by atoms with van der Waals surface area (Å²) in [5.74, 6) is -2.81. The van der Waals surface area contributed by atoms with Gasteiger partial charge in [-0.1, -0.05) is 38.5 Å². The molecule has 1 aromatic heterocycles. The predicted molar refractivity (Wildman–Crippen MR) is 140 cm³/mol. The molecule has 1 aliphatic rings. The van der Waals surface area contributed by atoms with Gasteiger partial charge in [-0.25, -0.2) is 4.79 Å². The number of aromatic amines is 1. The molecule has 0 saturated carbocycles. The quantitative estimate of drug-likeness (QED) is 0.245. The number of para-hydroxylation sites is 1. The van der Waals surface area contributed by atoms with Crippen LogP contribution in [-0.2, 0) is 25.6 Å². The maximum absolute atomic E-state index is 13.6. The summed E-state index contributed by atoms with van der Waals surface area (Å²) in [6, 6.07) is 4.06. The Hall–Kier alpha value is -3.05. The smallest absolute Gasteiger partial charge is 0.327 e. The fourth-order valence-corrected chi connectivity index (χ4v) is 4.76. The molecule has 2 heterocycles. The first-order valence-electron chi connectivity index (χ1n) is 12.2. The van der Waals surface area contributed by atoms with Crippen LogP contribution in [0.3, 0.4) is 0 Å². The second-order valence-electron chi connectivity index (χ2n) is 9.31. The molecule has 196 valence electrons. The largest absolute Gasteiger partial charge is 0.480 e. The van der Waals surface area contributed by atoms with E-state index in [4.69, 9.17) is 5.73 Å². The Morgan fingerprint density at radius 3 is 2.64 bits per heavy atom. The van der Waals surface area contributed by atoms with Crippen LogP contribution in [0.1, 0.15) is 38.7 Å². The maximum atomic E-state index is 13.6. The minimum atomic E-state index is -1.19. The number of carbonyl (C=O) groups is 4. The molecule has 0 aliphatic carbocycles. The van der Waals surface area contributed by atoms with Crippen LogP contribution < -0.4 is 16.4 Å². The highest BCUT2D eigenvalue weighted by atomic mass is 32.1. The topological polar surface area (TPSA) is 158 Å². The normalized spacial score (nSPS) is 18.9. The van der Waals surface area contributed by atoms with Crippen LogP contribution in [0.2, 0.25) is 0 Å². The van der Waals surface area contributed by atoms with Gasteiger partial charge < -0.3 is 31.4 Å². The number of hydrogen-bond acceptors (Lipinski definition) is 6. The van der Waals surface area contributed by atoms with Gasteiger partial charge in [0.15, 0.2) is 0 Å². The molecule has 1 fully saturated rings. The van der Waals surface area contributed by atoms with E-state index in [0.717, 1.165) is 16.5 Å². The number of fused-ring (bicyclic) bond motifs is 1. The van der Waals surface area contributed by atoms with Crippen LogP contribution in [0.5, 0.6) is 0 Å². The molecule has 3 rings (SSSR count). The monoisotopic (exact) mass is 517 g/mol. The van der Waals surface area contributed by atoms with E-state index in [-0.39, 0.29) is 17.6 Å². The Kier molecular flexibility index (Phi) is 9.38. The molecule has 5 unspecified atom stereocenters. The number of carboxylic acids is 1. The predicted octanol–water partition coefficient (Wildman–Crippen LogP) is 1.06. The van der Waals surface area contributed by atoms with Crippen LogP contribution in [0.15, 0.2) is 30.5 Å². The van der Waals surface area contributed by atoms with E-state index in [1.165, 1.54) is 4.90 Å². The molecule has 5 atom stereocenters. The summed E-state index contributed by atoms with van der Waals surface area (Å²) in [7, 11) is 0. The molecular formula is C25H35N5O5S. The Morgan fingerprint density at radius 2 is 1.97 bits per heavy atom. The van der Waals surface area contributed by atoms with Crippen molar-refractivity contribution < 1.29 is 24.3 Å². The SMILES string of the molecule is CCC(C)C(NC(=O)C(N)Cc1c[nH]c2ccccc12)C(=O)N1CCCC1C(=O)NC(CS)C(=O)O. The number of aromatic nitrogens is 1. The molecule has 6 N–H and O–H groups in total. The van der Waals surface area contributed by atoms with Crippen molar-refractivity contribution in [1.82, 2.24) is 20.5 Å². The zero-order valence-corrected chi connectivity index (χ0v) is 21.5. The number of thiol groups is 1. The van der Waals surface area contributed by atoms with Gasteiger partial charge in [0.1, 0.15) is 18.1 Å². The van der Waals surface area contributed by atoms with Crippen molar-refractivity contribution in [2.75, 3.05) is 12.3 Å². The van der Waals surface area contributed by atoms with Crippen molar-refractivity contribution in [3.05, 3.63) is 36.0 Å². The number of amides is 3. The molecule has 3 amide bonds. The number of rotatable bonds is 11. The Balaban J connectivity index is 1.71. The number of aliphatic carboxylic acids is 1. The average molecular weight is 518 g/mol. The summed E-state index contributed by atoms with van der Waals surface area (Å²) in [6.45, 7) is 4.13. The number of carbonyl (C=O) groups excluding carboxylic acids is 3. The van der Waals surface area contributed by atoms with Crippen molar-refractivity contribution in [3.8, 4) is 0 Å². The molecule has 11 heteroatoms. The van der Waals surface area contributed by atoms with Crippen LogP contribution in [0, 0.1) is 5.92 Å². The zero-order chi connectivity index (χ0) is 26.4. The van der Waals surface area contributed by atoms with Crippen LogP contribution in [0.4, 0.5) is 0 Å². The van der Waals surface area contributed by atoms with Crippen LogP contribution in [0.25, 0.3) is 10.9 Å². The molecule has 0 radical (unpaired) electrons. The van der Waals surface area contributed by atoms with Crippen molar-refractivity contribution in [2.45, 2.75) is 63.7 Å². The van der Waals surface area contributed by atoms with Gasteiger partial charge in [0.05, 0.1) is 6.04 Å². The third-order valence-electron chi connectivity index (χ3n) is 6.86. The van der Waals surface area contributed by atoms with E-state index in [0.29, 0.717) is 32.2 Å². The number of carboxylic acid groups (broad SMARTS) is 1. The van der Waals surface area contributed by atoms with Gasteiger partial charge in [-0.3, -0.25) is 14.4 Å². The lowest BCUT2D eigenvalue weighted by Crippen LogP contribution is -2.58. The molecule has 10 nitrogen and oxygen atoms in total. The lowest BCUT2D eigenvalue weighted by atomic mass is 9.96. The molecule has 1 aliphatic heterocycles. The molecule has 1 aromatic carbocycles. The lowest BCUT2D eigenvalue weighted by molar-refractivity contribution is -0.145. The van der Waals surface area contributed by atoms with Crippen molar-refractivity contribution >= 4 is 47.2 Å². The van der Waals surface area contributed by atoms with Crippen molar-refractivity contribution in [3.63, 3.8) is 0 Å². The number of benzene rings is 1. The van der Waals surface area contributed by atoms with Gasteiger partial charge in [0, 0.05) is 29.4 Å². The van der Waals surface area contributed by atoms with Gasteiger partial charge in [0.25, 0.3) is 0 Å². The fraction of sp³-hybridized carbons (Fsp3) is 0.520. The minimum absolute atomic E-state index is 0.0678. The second kappa shape index (κ2) is 12.3. The first-order valence-corrected chi connectivity index (χ1v) is 12.9. The number of hydrogen-bond donors (Lipinski definition) is 6. The van der Waals surface area contributed by atoms with Crippen molar-refractivity contribution in [1.29, 1.82) is 0 Å². The van der Waals surface area contributed by atoms with Crippen LogP contribution in [-0.4, -0.2) is 75.1 Å². The number of nitrogens with two attached hydrogens (primary N) is 1. The molecule has 1 saturated heterocycles. The summed E-state index contributed by atoms with van der Waals surface area (Å²) >= 11 is 3.98. The zero-order valence-electron chi connectivity index (χ0n) is 20.6. The summed E-state index contributed by atoms with van der Waals surface area (Å²) in [4.78, 5) is 55.3. The highest BCUT2D eigenvalue weighted by Crippen LogP contribution is 2.22. The fourth-order valence-electron chi connectivity index (χ4n) is 4.51. The van der Waals surface area contributed by atoms with Gasteiger partial charge in [-0.05, 0) is 36.8 Å². The molecule has 2 aromatic rings. The lowest BCUT2D eigenvalue weighted by Gasteiger charge is -2.32. The third kappa shape index (κ3) is 6.19. The number of likely N-dealkylation sites (tertiary alicyclic amines) is 1. The van der Waals surface area contributed by atoms with E-state index in [9.17, 15) is 24.3 Å². The highest BCUT2D eigenvalue weighted by molar-refractivity contribution is 7.80. The van der Waals surface area contributed by atoms with E-state index < -0.39 is 42.0 Å². The summed E-state index contributed by atoms with van der Waals surface area (Å²) in [5.41, 5.74) is 8.10. The Bertz CT molecular complexity index is 1110. The summed E-state index contributed by atoms with van der Waals surface area (Å²) < 4.78 is 0. The van der Waals surface area contributed by atoms with E-state index in [2.05, 4.69) is 28.2 Å². The second-order valence-corrected chi connectivity index (χ2v) is 9.68. The van der Waals surface area contributed by atoms with E-state index >= 15 is 0 Å². The summed E-state index contributed by atoms with van der Waals surface area (Å²) in [5, 5.41) is 15.5. The maximum Gasteiger partial charge on any atom is 0.327 e. The summed E-state index contributed by atoms with van der Waals surface area (Å²) in [6.07, 6.45) is 3.77. The van der Waals surface area contributed by atoms with Crippen molar-refractivity contribution in [2.24, 2.45) is 11.7 Å². The number of nitrogens with one attached hydrogen (secondary N) is 3. The number of H-pyrrole nitrogens is 1. The Labute approximate surface area is 215 Å². The van der Waals surface area contributed by atoms with Gasteiger partial charge >= 0.3 is 5.97 Å². The molecule has 0 spiro atoms. The van der Waals surface area contributed by atoms with Gasteiger partial charge in [-0.2, -0.15) is 12.6 Å². The highest BCUT2D eigenvalue weighted by Gasteiger charge is 2.40. The Morgan fingerprint density at radius 1 is 1.25 bits per heavy atom. The van der Waals surface area contributed by atoms with Gasteiger partial charge in [0.2, 0.25) is 17.7 Å². The third-order valence-corrected chi connectivity index (χ3v) is 7.23. The van der Waals surface area contributed by atoms with Crippen LogP contribution >= 0.6 is 12.6 Å². The standard InChI is InChI=1S/C25H35N5O5S/c1-3-14(2)21(24(33)30-10-6-9-20(30)23(32)28-19(13-36)25(34)35)29-22(31)17(26)11-15-12-27-18-8-5-4-7-16(15)18/h4-5,7-8,12,14,17,19-21,27,36H,3,6,9-11,13,26H2,1-2H3,(H,28,32)(H,29,31)(H,34,35). The minimum Gasteiger partial charge on any atom is -0.480 e. The van der Waals surface area contributed by atoms with E-state index in [1.807, 2.05) is 44.3 Å². The molecular weight excluding hydrogens is 482 g/mol. The number of nitrogens with zero attached hydrogens (tertiary/aromatic N) is 1. The first kappa shape index (κ1) is 27.5. The van der Waals surface area contributed by atoms with Gasteiger partial charge in [-0.15, -0.1) is 0 Å².